The third kappa shape index (κ3) is 6.09. The number of hydrogen-bond donors (Lipinski definition) is 0. The van der Waals surface area contributed by atoms with Crippen LogP contribution in [0.2, 0.25) is 0 Å². The van der Waals surface area contributed by atoms with Gasteiger partial charge in [-0.25, -0.2) is 4.79 Å². The molecule has 0 aliphatic rings. The molecule has 0 bridgehead atoms. The molecule has 2 aromatic rings. The molecule has 1 amide bonds. The predicted molar refractivity (Wildman–Crippen MR) is 104 cm³/mol. The van der Waals surface area contributed by atoms with E-state index in [2.05, 4.69) is 28.1 Å². The molecule has 25 heavy (non-hydrogen) atoms. The quantitative estimate of drug-likeness (QED) is 0.671. The lowest BCUT2D eigenvalue weighted by atomic mass is 10.1. The molecule has 5 heteroatoms. The van der Waals surface area contributed by atoms with Crippen molar-refractivity contribution in [1.29, 1.82) is 0 Å². The maximum Gasteiger partial charge on any atom is 0.410 e. The molecule has 0 heterocycles. The van der Waals surface area contributed by atoms with E-state index in [0.29, 0.717) is 13.2 Å². The molecule has 0 unspecified atom stereocenters. The fraction of sp³-hybridized carbons (Fsp3) is 0.350. The Kier molecular flexibility index (Phi) is 6.48. The lowest BCUT2D eigenvalue weighted by molar-refractivity contribution is 0.0278. The van der Waals surface area contributed by atoms with Crippen molar-refractivity contribution in [1.82, 2.24) is 4.90 Å². The second-order valence-corrected chi connectivity index (χ2v) is 7.62. The highest BCUT2D eigenvalue weighted by Gasteiger charge is 2.19. The third-order valence-corrected chi connectivity index (χ3v) is 4.05. The summed E-state index contributed by atoms with van der Waals surface area (Å²) in [4.78, 5) is 13.4. The summed E-state index contributed by atoms with van der Waals surface area (Å²) in [5, 5.41) is 0. The average molecular weight is 406 g/mol. The molecule has 2 rings (SSSR count). The van der Waals surface area contributed by atoms with Crippen LogP contribution in [0.25, 0.3) is 11.1 Å². The summed E-state index contributed by atoms with van der Waals surface area (Å²) < 4.78 is 12.0. The van der Waals surface area contributed by atoms with Gasteiger partial charge in [0.2, 0.25) is 0 Å². The Morgan fingerprint density at radius 3 is 2.36 bits per heavy atom. The number of nitrogens with zero attached hydrogens (tertiary/aromatic N) is 1. The van der Waals surface area contributed by atoms with Crippen LogP contribution in [0.3, 0.4) is 0 Å². The summed E-state index contributed by atoms with van der Waals surface area (Å²) in [6.45, 7) is 6.38. The summed E-state index contributed by atoms with van der Waals surface area (Å²) in [6.07, 6.45) is -0.352. The van der Waals surface area contributed by atoms with Crippen LogP contribution in [-0.2, 0) is 4.74 Å². The maximum absolute atomic E-state index is 11.9. The molecule has 0 spiro atoms. The fourth-order valence-corrected chi connectivity index (χ4v) is 2.64. The van der Waals surface area contributed by atoms with Crippen LogP contribution in [0.5, 0.6) is 5.75 Å². The Hall–Kier alpha value is -2.01. The monoisotopic (exact) mass is 405 g/mol. The molecule has 4 nitrogen and oxygen atoms in total. The van der Waals surface area contributed by atoms with Crippen LogP contribution >= 0.6 is 15.9 Å². The van der Waals surface area contributed by atoms with Crippen molar-refractivity contribution in [3.05, 3.63) is 53.0 Å². The summed E-state index contributed by atoms with van der Waals surface area (Å²) in [7, 11) is 1.70. The SMILES string of the molecule is CN(CCOc1ccc(-c2ccccc2)cc1Br)C(=O)OC(C)(C)C. The van der Waals surface area contributed by atoms with Gasteiger partial charge in [0.15, 0.2) is 0 Å². The average Bonchev–Trinajstić information content (AvgIpc) is 2.55. The molecule has 0 saturated carbocycles. The molecule has 0 atom stereocenters. The first kappa shape index (κ1) is 19.3. The normalized spacial score (nSPS) is 11.1. The number of amides is 1. The second kappa shape index (κ2) is 8.39. The fourth-order valence-electron chi connectivity index (χ4n) is 2.15. The zero-order chi connectivity index (χ0) is 18.4. The van der Waals surface area contributed by atoms with Gasteiger partial charge >= 0.3 is 6.09 Å². The van der Waals surface area contributed by atoms with Crippen LogP contribution in [0.15, 0.2) is 53.0 Å². The minimum atomic E-state index is -0.498. The van der Waals surface area contributed by atoms with Crippen molar-refractivity contribution in [2.45, 2.75) is 26.4 Å². The molecule has 0 fully saturated rings. The summed E-state index contributed by atoms with van der Waals surface area (Å²) >= 11 is 3.55. The molecular formula is C20H24BrNO3. The Morgan fingerprint density at radius 1 is 1.08 bits per heavy atom. The Balaban J connectivity index is 1.90. The Morgan fingerprint density at radius 2 is 1.76 bits per heavy atom. The maximum atomic E-state index is 11.9. The van der Waals surface area contributed by atoms with E-state index in [1.807, 2.05) is 57.2 Å². The largest absolute Gasteiger partial charge is 0.491 e. The molecule has 134 valence electrons. The van der Waals surface area contributed by atoms with Crippen molar-refractivity contribution < 1.29 is 14.3 Å². The lowest BCUT2D eigenvalue weighted by Crippen LogP contribution is -2.36. The minimum absolute atomic E-state index is 0.352. The van der Waals surface area contributed by atoms with E-state index >= 15 is 0 Å². The van der Waals surface area contributed by atoms with Crippen LogP contribution < -0.4 is 4.74 Å². The Bertz CT molecular complexity index is 711. The standard InChI is InChI=1S/C20H24BrNO3/c1-20(2,3)25-19(23)22(4)12-13-24-18-11-10-16(14-17(18)21)15-8-6-5-7-9-15/h5-11,14H,12-13H2,1-4H3. The predicted octanol–water partition coefficient (Wildman–Crippen LogP) is 5.36. The first-order valence-electron chi connectivity index (χ1n) is 8.18. The highest BCUT2D eigenvalue weighted by molar-refractivity contribution is 9.10. The van der Waals surface area contributed by atoms with Crippen molar-refractivity contribution >= 4 is 22.0 Å². The van der Waals surface area contributed by atoms with Crippen LogP contribution in [0, 0.1) is 0 Å². The number of rotatable bonds is 5. The topological polar surface area (TPSA) is 38.8 Å². The van der Waals surface area contributed by atoms with Gasteiger partial charge in [-0.05, 0) is 60.0 Å². The lowest BCUT2D eigenvalue weighted by Gasteiger charge is -2.24. The zero-order valence-electron chi connectivity index (χ0n) is 15.1. The third-order valence-electron chi connectivity index (χ3n) is 3.43. The molecular weight excluding hydrogens is 382 g/mol. The summed E-state index contributed by atoms with van der Waals surface area (Å²) in [5.41, 5.74) is 1.77. The van der Waals surface area contributed by atoms with Gasteiger partial charge in [0, 0.05) is 7.05 Å². The number of halogens is 1. The van der Waals surface area contributed by atoms with Gasteiger partial charge in [-0.2, -0.15) is 0 Å². The first-order valence-corrected chi connectivity index (χ1v) is 8.97. The van der Waals surface area contributed by atoms with Gasteiger partial charge in [-0.1, -0.05) is 36.4 Å². The smallest absolute Gasteiger partial charge is 0.410 e. The molecule has 0 aliphatic carbocycles. The van der Waals surface area contributed by atoms with Crippen molar-refractivity contribution in [3.63, 3.8) is 0 Å². The zero-order valence-corrected chi connectivity index (χ0v) is 16.7. The molecule has 0 aromatic heterocycles. The van der Waals surface area contributed by atoms with Crippen molar-refractivity contribution in [2.75, 3.05) is 20.2 Å². The molecule has 0 N–H and O–H groups in total. The number of likely N-dealkylation sites (N-methyl/N-ethyl adjacent to an activating group) is 1. The molecule has 0 saturated heterocycles. The van der Waals surface area contributed by atoms with Crippen LogP contribution in [-0.4, -0.2) is 36.8 Å². The number of hydrogen-bond acceptors (Lipinski definition) is 3. The second-order valence-electron chi connectivity index (χ2n) is 6.76. The Labute approximate surface area is 157 Å². The van der Waals surface area contributed by atoms with E-state index in [9.17, 15) is 4.79 Å². The van der Waals surface area contributed by atoms with Crippen LogP contribution in [0.1, 0.15) is 20.8 Å². The van der Waals surface area contributed by atoms with E-state index in [4.69, 9.17) is 9.47 Å². The highest BCUT2D eigenvalue weighted by Crippen LogP contribution is 2.30. The van der Waals surface area contributed by atoms with Gasteiger partial charge in [0.1, 0.15) is 18.0 Å². The van der Waals surface area contributed by atoms with Gasteiger partial charge < -0.3 is 14.4 Å². The van der Waals surface area contributed by atoms with E-state index < -0.39 is 5.60 Å². The van der Waals surface area contributed by atoms with E-state index in [1.165, 1.54) is 4.90 Å². The van der Waals surface area contributed by atoms with Crippen molar-refractivity contribution in [3.8, 4) is 16.9 Å². The van der Waals surface area contributed by atoms with Gasteiger partial charge in [-0.3, -0.25) is 0 Å². The number of carbonyl (C=O) groups is 1. The van der Waals surface area contributed by atoms with E-state index in [1.54, 1.807) is 7.05 Å². The van der Waals surface area contributed by atoms with Gasteiger partial charge in [0.05, 0.1) is 11.0 Å². The van der Waals surface area contributed by atoms with E-state index in [0.717, 1.165) is 21.3 Å². The number of carbonyl (C=O) groups excluding carboxylic acids is 1. The minimum Gasteiger partial charge on any atom is -0.491 e. The first-order chi connectivity index (χ1) is 11.8. The van der Waals surface area contributed by atoms with Crippen molar-refractivity contribution in [2.24, 2.45) is 0 Å². The van der Waals surface area contributed by atoms with Crippen LogP contribution in [0.4, 0.5) is 4.79 Å². The van der Waals surface area contributed by atoms with Gasteiger partial charge in [0.25, 0.3) is 0 Å². The number of benzene rings is 2. The van der Waals surface area contributed by atoms with Gasteiger partial charge in [-0.15, -0.1) is 0 Å². The molecule has 2 aromatic carbocycles. The highest BCUT2D eigenvalue weighted by atomic mass is 79.9. The summed E-state index contributed by atoms with van der Waals surface area (Å²) in [6, 6.07) is 16.1. The molecule has 0 radical (unpaired) electrons. The number of ether oxygens (including phenoxy) is 2. The van der Waals surface area contributed by atoms with E-state index in [-0.39, 0.29) is 6.09 Å². The molecule has 0 aliphatic heterocycles. The summed E-state index contributed by atoms with van der Waals surface area (Å²) in [5.74, 6) is 0.747.